The van der Waals surface area contributed by atoms with Crippen molar-refractivity contribution in [3.63, 3.8) is 0 Å². The Labute approximate surface area is 128 Å². The molecule has 126 valence electrons. The van der Waals surface area contributed by atoms with Crippen molar-refractivity contribution < 1.29 is 22.7 Å². The van der Waals surface area contributed by atoms with Gasteiger partial charge in [0.2, 0.25) is 10.0 Å². The van der Waals surface area contributed by atoms with Crippen LogP contribution < -0.4 is 5.32 Å². The predicted octanol–water partition coefficient (Wildman–Crippen LogP) is 0.214. The lowest BCUT2D eigenvalue weighted by Gasteiger charge is -2.27. The van der Waals surface area contributed by atoms with E-state index in [9.17, 15) is 13.2 Å². The van der Waals surface area contributed by atoms with Gasteiger partial charge in [-0.15, -0.1) is 0 Å². The van der Waals surface area contributed by atoms with Crippen LogP contribution in [0.1, 0.15) is 27.2 Å². The molecule has 0 aromatic rings. The van der Waals surface area contributed by atoms with Crippen LogP contribution in [0.25, 0.3) is 0 Å². The summed E-state index contributed by atoms with van der Waals surface area (Å²) in [7, 11) is -1.65. The van der Waals surface area contributed by atoms with Crippen LogP contribution in [-0.2, 0) is 24.3 Å². The van der Waals surface area contributed by atoms with E-state index in [-0.39, 0.29) is 25.8 Å². The maximum Gasteiger partial charge on any atom is 0.320 e. The Morgan fingerprint density at radius 3 is 2.38 bits per heavy atom. The highest BCUT2D eigenvalue weighted by Gasteiger charge is 2.23. The number of nitrogens with one attached hydrogen (secondary N) is 1. The number of hydrogen-bond acceptors (Lipinski definition) is 6. The van der Waals surface area contributed by atoms with Gasteiger partial charge in [-0.1, -0.05) is 13.8 Å². The zero-order chi connectivity index (χ0) is 16.5. The molecule has 0 radical (unpaired) electrons. The molecule has 0 saturated heterocycles. The Kier molecular flexibility index (Phi) is 9.76. The quantitative estimate of drug-likeness (QED) is 0.547. The van der Waals surface area contributed by atoms with Gasteiger partial charge < -0.3 is 14.8 Å². The molecule has 0 aliphatic rings. The maximum atomic E-state index is 11.6. The third-order valence-corrected chi connectivity index (χ3v) is 4.33. The number of nitrogens with zero attached hydrogens (tertiary/aromatic N) is 1. The van der Waals surface area contributed by atoms with E-state index in [0.717, 1.165) is 12.7 Å². The monoisotopic (exact) mass is 324 g/mol. The molecule has 8 heteroatoms. The first-order valence-electron chi connectivity index (χ1n) is 7.15. The van der Waals surface area contributed by atoms with Crippen molar-refractivity contribution in [3.8, 4) is 0 Å². The van der Waals surface area contributed by atoms with Crippen LogP contribution >= 0.6 is 0 Å². The first kappa shape index (κ1) is 20.3. The van der Waals surface area contributed by atoms with Gasteiger partial charge in [0.25, 0.3) is 0 Å². The minimum atomic E-state index is -3.30. The molecule has 0 amide bonds. The SMILES string of the molecule is CC[C@H](C)O[C@H](COC(=O)CNC)CN(CC)S(C)(=O)=O. The predicted molar refractivity (Wildman–Crippen MR) is 81.6 cm³/mol. The fraction of sp³-hybridized carbons (Fsp3) is 0.923. The van der Waals surface area contributed by atoms with Crippen molar-refractivity contribution in [2.24, 2.45) is 0 Å². The molecule has 1 N–H and O–H groups in total. The van der Waals surface area contributed by atoms with E-state index in [4.69, 9.17) is 9.47 Å². The zero-order valence-electron chi connectivity index (χ0n) is 13.6. The van der Waals surface area contributed by atoms with Crippen LogP contribution in [0.5, 0.6) is 0 Å². The maximum absolute atomic E-state index is 11.6. The Morgan fingerprint density at radius 2 is 1.95 bits per heavy atom. The molecule has 2 atom stereocenters. The van der Waals surface area contributed by atoms with E-state index in [1.165, 1.54) is 4.31 Å². The van der Waals surface area contributed by atoms with Gasteiger partial charge in [0, 0.05) is 13.1 Å². The van der Waals surface area contributed by atoms with Gasteiger partial charge >= 0.3 is 5.97 Å². The molecular weight excluding hydrogens is 296 g/mol. The van der Waals surface area contributed by atoms with E-state index in [0.29, 0.717) is 6.54 Å². The van der Waals surface area contributed by atoms with Crippen molar-refractivity contribution in [2.45, 2.75) is 39.4 Å². The van der Waals surface area contributed by atoms with E-state index < -0.39 is 22.1 Å². The van der Waals surface area contributed by atoms with Crippen LogP contribution in [0.15, 0.2) is 0 Å². The van der Waals surface area contributed by atoms with Crippen LogP contribution in [0.2, 0.25) is 0 Å². The van der Waals surface area contributed by atoms with Gasteiger partial charge in [-0.05, 0) is 20.4 Å². The van der Waals surface area contributed by atoms with Crippen molar-refractivity contribution in [2.75, 3.05) is 39.5 Å². The number of ether oxygens (including phenoxy) is 2. The van der Waals surface area contributed by atoms with Crippen molar-refractivity contribution in [1.29, 1.82) is 0 Å². The Hall–Kier alpha value is -0.700. The second-order valence-corrected chi connectivity index (χ2v) is 6.89. The number of carbonyl (C=O) groups is 1. The van der Waals surface area contributed by atoms with Crippen molar-refractivity contribution in [3.05, 3.63) is 0 Å². The number of likely N-dealkylation sites (N-methyl/N-ethyl adjacent to an activating group) is 2. The second-order valence-electron chi connectivity index (χ2n) is 4.90. The summed E-state index contributed by atoms with van der Waals surface area (Å²) >= 11 is 0. The summed E-state index contributed by atoms with van der Waals surface area (Å²) in [5.41, 5.74) is 0. The average molecular weight is 324 g/mol. The molecule has 7 nitrogen and oxygen atoms in total. The highest BCUT2D eigenvalue weighted by atomic mass is 32.2. The summed E-state index contributed by atoms with van der Waals surface area (Å²) in [6.45, 7) is 6.31. The second kappa shape index (κ2) is 10.1. The minimum Gasteiger partial charge on any atom is -0.462 e. The number of hydrogen-bond donors (Lipinski definition) is 1. The molecule has 0 rings (SSSR count). The zero-order valence-corrected chi connectivity index (χ0v) is 14.4. The third-order valence-electron chi connectivity index (χ3n) is 2.98. The Bertz CT molecular complexity index is 399. The number of rotatable bonds is 11. The molecule has 0 unspecified atom stereocenters. The molecular formula is C13H28N2O5S. The lowest BCUT2D eigenvalue weighted by molar-refractivity contribution is -0.148. The number of sulfonamides is 1. The largest absolute Gasteiger partial charge is 0.462 e. The normalized spacial score (nSPS) is 15.0. The van der Waals surface area contributed by atoms with Crippen LogP contribution in [0, 0.1) is 0 Å². The molecule has 0 saturated carbocycles. The molecule has 0 spiro atoms. The number of esters is 1. The van der Waals surface area contributed by atoms with Crippen LogP contribution in [-0.4, -0.2) is 70.4 Å². The van der Waals surface area contributed by atoms with Crippen molar-refractivity contribution in [1.82, 2.24) is 9.62 Å². The standard InChI is InChI=1S/C13H28N2O5S/c1-6-11(3)20-12(10-19-13(16)8-14-4)9-15(7-2)21(5,17)18/h11-12,14H,6-10H2,1-5H3/t11-,12-/m0/s1. The molecule has 0 fully saturated rings. The van der Waals surface area contributed by atoms with Gasteiger partial charge in [0.1, 0.15) is 12.7 Å². The smallest absolute Gasteiger partial charge is 0.320 e. The van der Waals surface area contributed by atoms with Gasteiger partial charge in [0.05, 0.1) is 18.9 Å². The van der Waals surface area contributed by atoms with Gasteiger partial charge in [0.15, 0.2) is 0 Å². The summed E-state index contributed by atoms with van der Waals surface area (Å²) in [6, 6.07) is 0. The summed E-state index contributed by atoms with van der Waals surface area (Å²) < 4.78 is 35.5. The lowest BCUT2D eigenvalue weighted by Crippen LogP contribution is -2.41. The summed E-state index contributed by atoms with van der Waals surface area (Å²) in [5.74, 6) is -0.391. The average Bonchev–Trinajstić information content (AvgIpc) is 2.40. The van der Waals surface area contributed by atoms with Crippen LogP contribution in [0.3, 0.4) is 0 Å². The topological polar surface area (TPSA) is 84.9 Å². The number of carbonyl (C=O) groups excluding carboxylic acids is 1. The lowest BCUT2D eigenvalue weighted by atomic mass is 10.3. The summed E-state index contributed by atoms with van der Waals surface area (Å²) in [5, 5.41) is 2.70. The Balaban J connectivity index is 4.68. The van der Waals surface area contributed by atoms with E-state index in [1.807, 2.05) is 13.8 Å². The molecule has 0 aromatic heterocycles. The van der Waals surface area contributed by atoms with Crippen LogP contribution in [0.4, 0.5) is 0 Å². The van der Waals surface area contributed by atoms with Gasteiger partial charge in [-0.25, -0.2) is 8.42 Å². The fourth-order valence-corrected chi connectivity index (χ4v) is 2.57. The minimum absolute atomic E-state index is 0.0312. The highest BCUT2D eigenvalue weighted by molar-refractivity contribution is 7.88. The van der Waals surface area contributed by atoms with E-state index in [2.05, 4.69) is 5.32 Å². The Morgan fingerprint density at radius 1 is 1.33 bits per heavy atom. The first-order chi connectivity index (χ1) is 9.74. The summed E-state index contributed by atoms with van der Waals surface area (Å²) in [4.78, 5) is 11.4. The summed E-state index contributed by atoms with van der Waals surface area (Å²) in [6.07, 6.45) is 1.45. The molecule has 0 aliphatic carbocycles. The molecule has 21 heavy (non-hydrogen) atoms. The molecule has 0 heterocycles. The highest BCUT2D eigenvalue weighted by Crippen LogP contribution is 2.08. The van der Waals surface area contributed by atoms with Gasteiger partial charge in [-0.3, -0.25) is 4.79 Å². The third kappa shape index (κ3) is 9.02. The molecule has 0 bridgehead atoms. The first-order valence-corrected chi connectivity index (χ1v) is 9.00. The van der Waals surface area contributed by atoms with Gasteiger partial charge in [-0.2, -0.15) is 4.31 Å². The molecule has 0 aliphatic heterocycles. The fourth-order valence-electron chi connectivity index (χ4n) is 1.67. The van der Waals surface area contributed by atoms with E-state index >= 15 is 0 Å². The van der Waals surface area contributed by atoms with Crippen molar-refractivity contribution >= 4 is 16.0 Å². The molecule has 0 aromatic carbocycles. The van der Waals surface area contributed by atoms with E-state index in [1.54, 1.807) is 14.0 Å².